The van der Waals surface area contributed by atoms with Crippen LogP contribution in [0.15, 0.2) is 24.3 Å². The molecule has 1 heterocycles. The average Bonchev–Trinajstić information content (AvgIpc) is 2.40. The van der Waals surface area contributed by atoms with Crippen molar-refractivity contribution in [2.45, 2.75) is 13.8 Å². The molecule has 0 fully saturated rings. The Balaban J connectivity index is 2.68. The van der Waals surface area contributed by atoms with E-state index >= 15 is 0 Å². The number of hydrogen-bond donors (Lipinski definition) is 0. The van der Waals surface area contributed by atoms with Crippen LogP contribution in [0.4, 0.5) is 5.69 Å². The third kappa shape index (κ3) is 2.58. The predicted octanol–water partition coefficient (Wildman–Crippen LogP) is 3.94. The molecule has 0 aliphatic rings. The summed E-state index contributed by atoms with van der Waals surface area (Å²) in [6.07, 6.45) is 0. The molecule has 0 aliphatic carbocycles. The van der Waals surface area contributed by atoms with Gasteiger partial charge in [-0.2, -0.15) is 0 Å². The summed E-state index contributed by atoms with van der Waals surface area (Å²) in [7, 11) is 1.56. The molecule has 0 radical (unpaired) electrons. The number of rotatable bonds is 3. The van der Waals surface area contributed by atoms with E-state index in [9.17, 15) is 10.1 Å². The first-order valence-electron chi connectivity index (χ1n) is 5.90. The van der Waals surface area contributed by atoms with Gasteiger partial charge in [0.15, 0.2) is 0 Å². The van der Waals surface area contributed by atoms with Gasteiger partial charge in [-0.05, 0) is 31.0 Å². The van der Waals surface area contributed by atoms with Crippen LogP contribution in [0.3, 0.4) is 0 Å². The van der Waals surface area contributed by atoms with E-state index in [-0.39, 0.29) is 10.8 Å². The second-order valence-corrected chi connectivity index (χ2v) is 4.77. The zero-order chi connectivity index (χ0) is 14.9. The van der Waals surface area contributed by atoms with E-state index in [4.69, 9.17) is 16.3 Å². The lowest BCUT2D eigenvalue weighted by Gasteiger charge is -2.13. The number of hydrogen-bond acceptors (Lipinski definition) is 4. The van der Waals surface area contributed by atoms with E-state index in [1.54, 1.807) is 7.11 Å². The van der Waals surface area contributed by atoms with Crippen molar-refractivity contribution >= 4 is 17.3 Å². The van der Waals surface area contributed by atoms with Crippen LogP contribution in [0, 0.1) is 24.0 Å². The molecule has 0 unspecified atom stereocenters. The second kappa shape index (κ2) is 5.46. The Hall–Kier alpha value is -2.14. The molecule has 2 rings (SSSR count). The highest BCUT2D eigenvalue weighted by molar-refractivity contribution is 6.29. The fourth-order valence-electron chi connectivity index (χ4n) is 1.98. The highest BCUT2D eigenvalue weighted by Crippen LogP contribution is 2.35. The summed E-state index contributed by atoms with van der Waals surface area (Å²) in [5, 5.41) is 11.0. The van der Waals surface area contributed by atoms with Crippen molar-refractivity contribution in [1.82, 2.24) is 4.98 Å². The van der Waals surface area contributed by atoms with Crippen LogP contribution in [0.5, 0.6) is 5.75 Å². The van der Waals surface area contributed by atoms with E-state index < -0.39 is 4.92 Å². The number of ether oxygens (including phenoxy) is 1. The molecule has 0 saturated heterocycles. The lowest BCUT2D eigenvalue weighted by Crippen LogP contribution is -1.97. The van der Waals surface area contributed by atoms with Crippen LogP contribution in [-0.4, -0.2) is 17.0 Å². The number of benzene rings is 1. The Kier molecular flexibility index (Phi) is 3.90. The minimum Gasteiger partial charge on any atom is -0.496 e. The molecular weight excluding hydrogens is 280 g/mol. The summed E-state index contributed by atoms with van der Waals surface area (Å²) in [5.41, 5.74) is 3.04. The molecule has 104 valence electrons. The monoisotopic (exact) mass is 292 g/mol. The largest absolute Gasteiger partial charge is 0.496 e. The number of aryl methyl sites for hydroxylation is 1. The molecule has 20 heavy (non-hydrogen) atoms. The average molecular weight is 293 g/mol. The fourth-order valence-corrected chi connectivity index (χ4v) is 2.18. The summed E-state index contributed by atoms with van der Waals surface area (Å²) in [6.45, 7) is 3.89. The molecule has 2 aromatic rings. The van der Waals surface area contributed by atoms with Crippen molar-refractivity contribution in [2.75, 3.05) is 7.11 Å². The van der Waals surface area contributed by atoms with Crippen molar-refractivity contribution in [3.05, 3.63) is 50.7 Å². The number of aromatic nitrogens is 1. The standard InChI is InChI=1S/C14H13ClN2O3/c1-8-4-5-11(14(20-3)9(8)2)12-6-10(17(18)19)7-13(15)16-12/h4-7H,1-3H3. The lowest BCUT2D eigenvalue weighted by atomic mass is 10.0. The fraction of sp³-hybridized carbons (Fsp3) is 0.214. The summed E-state index contributed by atoms with van der Waals surface area (Å²) in [5.74, 6) is 0.647. The van der Waals surface area contributed by atoms with Gasteiger partial charge < -0.3 is 4.74 Å². The van der Waals surface area contributed by atoms with E-state index in [2.05, 4.69) is 4.98 Å². The molecule has 1 aromatic heterocycles. The third-order valence-electron chi connectivity index (χ3n) is 3.15. The van der Waals surface area contributed by atoms with Gasteiger partial charge >= 0.3 is 0 Å². The van der Waals surface area contributed by atoms with Gasteiger partial charge in [-0.25, -0.2) is 4.98 Å². The van der Waals surface area contributed by atoms with Gasteiger partial charge in [0.25, 0.3) is 5.69 Å². The summed E-state index contributed by atoms with van der Waals surface area (Å²) >= 11 is 5.85. The first kappa shape index (κ1) is 14.3. The number of nitrogens with zero attached hydrogens (tertiary/aromatic N) is 2. The highest BCUT2D eigenvalue weighted by atomic mass is 35.5. The summed E-state index contributed by atoms with van der Waals surface area (Å²) in [6, 6.07) is 6.35. The SMILES string of the molecule is COc1c(-c2cc([N+](=O)[O-])cc(Cl)n2)ccc(C)c1C. The Morgan fingerprint density at radius 3 is 2.60 bits per heavy atom. The number of nitro groups is 1. The molecular formula is C14H13ClN2O3. The lowest BCUT2D eigenvalue weighted by molar-refractivity contribution is -0.384. The van der Waals surface area contributed by atoms with Gasteiger partial charge in [-0.3, -0.25) is 10.1 Å². The molecule has 1 aromatic carbocycles. The minimum atomic E-state index is -0.495. The van der Waals surface area contributed by atoms with Crippen LogP contribution in [-0.2, 0) is 0 Å². The van der Waals surface area contributed by atoms with Gasteiger partial charge in [-0.15, -0.1) is 0 Å². The molecule has 0 spiro atoms. The zero-order valence-electron chi connectivity index (χ0n) is 11.3. The van der Waals surface area contributed by atoms with Gasteiger partial charge in [0, 0.05) is 11.6 Å². The molecule has 0 atom stereocenters. The van der Waals surface area contributed by atoms with E-state index in [1.165, 1.54) is 12.1 Å². The van der Waals surface area contributed by atoms with Gasteiger partial charge in [0.05, 0.1) is 23.8 Å². The van der Waals surface area contributed by atoms with Crippen LogP contribution in [0.1, 0.15) is 11.1 Å². The predicted molar refractivity (Wildman–Crippen MR) is 77.4 cm³/mol. The summed E-state index contributed by atoms with van der Waals surface area (Å²) in [4.78, 5) is 14.6. The number of halogens is 1. The van der Waals surface area contributed by atoms with Crippen molar-refractivity contribution in [1.29, 1.82) is 0 Å². The second-order valence-electron chi connectivity index (χ2n) is 4.38. The normalized spacial score (nSPS) is 10.4. The van der Waals surface area contributed by atoms with Crippen molar-refractivity contribution in [2.24, 2.45) is 0 Å². The zero-order valence-corrected chi connectivity index (χ0v) is 12.1. The van der Waals surface area contributed by atoms with Crippen molar-refractivity contribution in [3.8, 4) is 17.0 Å². The van der Waals surface area contributed by atoms with Crippen LogP contribution < -0.4 is 4.74 Å². The van der Waals surface area contributed by atoms with Crippen LogP contribution >= 0.6 is 11.6 Å². The van der Waals surface area contributed by atoms with Gasteiger partial charge in [0.1, 0.15) is 10.9 Å². The molecule has 0 amide bonds. The van der Waals surface area contributed by atoms with E-state index in [0.717, 1.165) is 11.1 Å². The van der Waals surface area contributed by atoms with E-state index in [1.807, 2.05) is 26.0 Å². The van der Waals surface area contributed by atoms with Crippen molar-refractivity contribution < 1.29 is 9.66 Å². The molecule has 5 nitrogen and oxygen atoms in total. The van der Waals surface area contributed by atoms with Gasteiger partial charge in [-0.1, -0.05) is 17.7 Å². The Labute approximate surface area is 121 Å². The molecule has 0 aliphatic heterocycles. The first-order chi connectivity index (χ1) is 9.43. The Morgan fingerprint density at radius 2 is 2.00 bits per heavy atom. The maximum Gasteiger partial charge on any atom is 0.274 e. The maximum atomic E-state index is 10.9. The quantitative estimate of drug-likeness (QED) is 0.488. The Bertz CT molecular complexity index is 686. The summed E-state index contributed by atoms with van der Waals surface area (Å²) < 4.78 is 5.40. The maximum absolute atomic E-state index is 10.9. The first-order valence-corrected chi connectivity index (χ1v) is 6.28. The van der Waals surface area contributed by atoms with Crippen LogP contribution in [0.25, 0.3) is 11.3 Å². The van der Waals surface area contributed by atoms with E-state index in [0.29, 0.717) is 17.0 Å². The number of pyridine rings is 1. The smallest absolute Gasteiger partial charge is 0.274 e. The molecule has 6 heteroatoms. The number of methoxy groups -OCH3 is 1. The topological polar surface area (TPSA) is 65.3 Å². The van der Waals surface area contributed by atoms with Crippen molar-refractivity contribution in [3.63, 3.8) is 0 Å². The van der Waals surface area contributed by atoms with Gasteiger partial charge in [0.2, 0.25) is 0 Å². The molecule has 0 N–H and O–H groups in total. The Morgan fingerprint density at radius 1 is 1.30 bits per heavy atom. The molecule has 0 bridgehead atoms. The highest BCUT2D eigenvalue weighted by Gasteiger charge is 2.16. The minimum absolute atomic E-state index is 0.0782. The molecule has 0 saturated carbocycles. The third-order valence-corrected chi connectivity index (χ3v) is 3.34. The van der Waals surface area contributed by atoms with Crippen LogP contribution in [0.2, 0.25) is 5.15 Å².